The van der Waals surface area contributed by atoms with Crippen molar-refractivity contribution >= 4 is 27.8 Å². The summed E-state index contributed by atoms with van der Waals surface area (Å²) in [6, 6.07) is 10.7. The summed E-state index contributed by atoms with van der Waals surface area (Å²) in [5.74, 6) is -0.0384. The van der Waals surface area contributed by atoms with Crippen LogP contribution in [0.5, 0.6) is 0 Å². The van der Waals surface area contributed by atoms with Crippen molar-refractivity contribution < 1.29 is 9.53 Å². The molecular weight excluding hydrogens is 340 g/mol. The molecule has 1 N–H and O–H groups in total. The van der Waals surface area contributed by atoms with Gasteiger partial charge >= 0.3 is 0 Å². The van der Waals surface area contributed by atoms with Gasteiger partial charge in [0.15, 0.2) is 0 Å². The second-order valence-corrected chi connectivity index (χ2v) is 7.45. The van der Waals surface area contributed by atoms with E-state index in [0.717, 1.165) is 17.6 Å². The van der Waals surface area contributed by atoms with Crippen LogP contribution in [0.25, 0.3) is 21.9 Å². The Labute approximate surface area is 160 Å². The van der Waals surface area contributed by atoms with Gasteiger partial charge in [-0.15, -0.1) is 0 Å². The zero-order chi connectivity index (χ0) is 19.6. The third kappa shape index (κ3) is 3.73. The number of hydrogen-bond acceptors (Lipinski definition) is 3. The fourth-order valence-corrected chi connectivity index (χ4v) is 3.66. The molecule has 0 radical (unpaired) electrons. The lowest BCUT2D eigenvalue weighted by Crippen LogP contribution is -2.32. The number of methoxy groups -OCH3 is 1. The smallest absolute Gasteiger partial charge is 0.268 e. The fraction of sp³-hybridized carbons (Fsp3) is 0.476. The van der Waals surface area contributed by atoms with Crippen LogP contribution in [0.15, 0.2) is 30.3 Å². The molecule has 27 heavy (non-hydrogen) atoms. The normalized spacial score (nSPS) is 12.0. The van der Waals surface area contributed by atoms with Crippen molar-refractivity contribution in [2.24, 2.45) is 0 Å². The van der Waals surface area contributed by atoms with Gasteiger partial charge in [-0.05, 0) is 40.1 Å². The van der Waals surface area contributed by atoms with Gasteiger partial charge in [-0.25, -0.2) is 0 Å². The Hall–Kier alpha value is -2.31. The van der Waals surface area contributed by atoms with Gasteiger partial charge in [-0.2, -0.15) is 0 Å². The van der Waals surface area contributed by atoms with E-state index in [1.54, 1.807) is 7.11 Å². The molecule has 146 valence electrons. The van der Waals surface area contributed by atoms with Crippen molar-refractivity contribution in [2.75, 3.05) is 40.9 Å². The van der Waals surface area contributed by atoms with Crippen LogP contribution < -0.4 is 5.32 Å². The number of amides is 1. The number of carbonyl (C=O) groups excluding carboxylic acids is 1. The summed E-state index contributed by atoms with van der Waals surface area (Å²) in [6.45, 7) is 6.98. The Kier molecular flexibility index (Phi) is 5.87. The summed E-state index contributed by atoms with van der Waals surface area (Å²) in [7, 11) is 5.69. The molecule has 0 fully saturated rings. The van der Waals surface area contributed by atoms with Gasteiger partial charge in [0, 0.05) is 38.2 Å². The lowest BCUT2D eigenvalue weighted by molar-refractivity contribution is 0.0939. The van der Waals surface area contributed by atoms with Crippen LogP contribution in [-0.4, -0.2) is 60.8 Å². The van der Waals surface area contributed by atoms with Crippen molar-refractivity contribution in [1.29, 1.82) is 0 Å². The fourth-order valence-electron chi connectivity index (χ4n) is 3.66. The van der Waals surface area contributed by atoms with Gasteiger partial charge in [0.05, 0.1) is 23.2 Å². The van der Waals surface area contributed by atoms with E-state index in [-0.39, 0.29) is 5.91 Å². The molecule has 2 heterocycles. The molecule has 0 spiro atoms. The van der Waals surface area contributed by atoms with E-state index in [4.69, 9.17) is 4.74 Å². The average molecular weight is 370 g/mol. The highest BCUT2D eigenvalue weighted by molar-refractivity contribution is 6.10. The first kappa shape index (κ1) is 19.5. The number of nitrogens with one attached hydrogen (secondary N) is 1. The second kappa shape index (κ2) is 8.15. The van der Waals surface area contributed by atoms with Crippen LogP contribution in [0.4, 0.5) is 0 Å². The number of aromatic nitrogens is 2. The van der Waals surface area contributed by atoms with E-state index >= 15 is 0 Å². The lowest BCUT2D eigenvalue weighted by atomic mass is 10.2. The number of rotatable bonds is 8. The van der Waals surface area contributed by atoms with E-state index < -0.39 is 0 Å². The molecule has 0 aliphatic heterocycles. The number of hydrogen-bond donors (Lipinski definition) is 1. The van der Waals surface area contributed by atoms with Crippen LogP contribution >= 0.6 is 0 Å². The molecule has 0 aliphatic carbocycles. The maximum Gasteiger partial charge on any atom is 0.268 e. The Morgan fingerprint density at radius 2 is 1.96 bits per heavy atom. The van der Waals surface area contributed by atoms with Gasteiger partial charge in [-0.1, -0.05) is 18.2 Å². The number of carbonyl (C=O) groups is 1. The highest BCUT2D eigenvalue weighted by atomic mass is 16.5. The first-order valence-corrected chi connectivity index (χ1v) is 9.49. The average Bonchev–Trinajstić information content (AvgIpc) is 3.13. The Morgan fingerprint density at radius 3 is 2.63 bits per heavy atom. The molecule has 0 unspecified atom stereocenters. The van der Waals surface area contributed by atoms with E-state index in [9.17, 15) is 4.79 Å². The number of nitrogens with zero attached hydrogens (tertiary/aromatic N) is 3. The minimum atomic E-state index is -0.0384. The van der Waals surface area contributed by atoms with Gasteiger partial charge in [0.2, 0.25) is 0 Å². The molecule has 0 saturated carbocycles. The first-order chi connectivity index (χ1) is 13.0. The molecule has 6 nitrogen and oxygen atoms in total. The molecular formula is C21H30N4O2. The van der Waals surface area contributed by atoms with Crippen LogP contribution in [0, 0.1) is 0 Å². The van der Waals surface area contributed by atoms with Crippen molar-refractivity contribution in [3.63, 3.8) is 0 Å². The molecule has 0 bridgehead atoms. The zero-order valence-electron chi connectivity index (χ0n) is 17.0. The molecule has 0 atom stereocenters. The van der Waals surface area contributed by atoms with Crippen LogP contribution in [0.3, 0.4) is 0 Å². The summed E-state index contributed by atoms with van der Waals surface area (Å²) >= 11 is 0. The summed E-state index contributed by atoms with van der Waals surface area (Å²) in [6.07, 6.45) is 0. The van der Waals surface area contributed by atoms with E-state index in [2.05, 4.69) is 57.5 Å². The minimum absolute atomic E-state index is 0.0384. The predicted molar refractivity (Wildman–Crippen MR) is 111 cm³/mol. The first-order valence-electron chi connectivity index (χ1n) is 9.49. The third-order valence-corrected chi connectivity index (χ3v) is 4.87. The quantitative estimate of drug-likeness (QED) is 0.663. The van der Waals surface area contributed by atoms with Gasteiger partial charge < -0.3 is 24.1 Å². The molecule has 3 rings (SSSR count). The molecule has 3 aromatic rings. The Balaban J connectivity index is 2.13. The standard InChI is InChI=1S/C21H30N4O2/c1-15(2)25-17-9-7-6-8-16(17)20-18(25)14-19(24(20)12-13-27-5)21(26)22-10-11-23(3)4/h6-9,14-15H,10-13H2,1-5H3,(H,22,26). The molecule has 0 aliphatic rings. The largest absolute Gasteiger partial charge is 0.383 e. The van der Waals surface area contributed by atoms with Gasteiger partial charge in [0.25, 0.3) is 5.91 Å². The van der Waals surface area contributed by atoms with Crippen LogP contribution in [0.2, 0.25) is 0 Å². The predicted octanol–water partition coefficient (Wildman–Crippen LogP) is 3.11. The van der Waals surface area contributed by atoms with E-state index in [0.29, 0.717) is 31.4 Å². The SMILES string of the molecule is COCCn1c(C(=O)NCCN(C)C)cc2c1c1ccccc1n2C(C)C. The summed E-state index contributed by atoms with van der Waals surface area (Å²) in [5, 5.41) is 4.21. The Bertz CT molecular complexity index is 937. The van der Waals surface area contributed by atoms with Crippen molar-refractivity contribution in [2.45, 2.75) is 26.4 Å². The molecule has 6 heteroatoms. The summed E-state index contributed by atoms with van der Waals surface area (Å²) in [4.78, 5) is 15.0. The van der Waals surface area contributed by atoms with Crippen LogP contribution in [-0.2, 0) is 11.3 Å². The number of likely N-dealkylation sites (N-methyl/N-ethyl adjacent to an activating group) is 1. The monoisotopic (exact) mass is 370 g/mol. The van der Waals surface area contributed by atoms with Gasteiger partial charge in [-0.3, -0.25) is 4.79 Å². The molecule has 1 aromatic carbocycles. The summed E-state index contributed by atoms with van der Waals surface area (Å²) < 4.78 is 9.72. The second-order valence-electron chi connectivity index (χ2n) is 7.45. The number of fused-ring (bicyclic) bond motifs is 3. The Morgan fingerprint density at radius 1 is 1.22 bits per heavy atom. The van der Waals surface area contributed by atoms with Crippen molar-refractivity contribution in [3.8, 4) is 0 Å². The number of ether oxygens (including phenoxy) is 1. The van der Waals surface area contributed by atoms with Crippen LogP contribution in [0.1, 0.15) is 30.4 Å². The van der Waals surface area contributed by atoms with E-state index in [1.165, 1.54) is 10.9 Å². The number of para-hydroxylation sites is 1. The maximum absolute atomic E-state index is 12.9. The molecule has 2 aromatic heterocycles. The van der Waals surface area contributed by atoms with Crippen molar-refractivity contribution in [1.82, 2.24) is 19.4 Å². The highest BCUT2D eigenvalue weighted by Gasteiger charge is 2.22. The zero-order valence-corrected chi connectivity index (χ0v) is 17.0. The lowest BCUT2D eigenvalue weighted by Gasteiger charge is -2.13. The molecule has 1 amide bonds. The summed E-state index contributed by atoms with van der Waals surface area (Å²) in [5.41, 5.74) is 4.09. The number of benzene rings is 1. The highest BCUT2D eigenvalue weighted by Crippen LogP contribution is 2.34. The van der Waals surface area contributed by atoms with E-state index in [1.807, 2.05) is 20.2 Å². The third-order valence-electron chi connectivity index (χ3n) is 4.87. The minimum Gasteiger partial charge on any atom is -0.383 e. The topological polar surface area (TPSA) is 51.4 Å². The van der Waals surface area contributed by atoms with Gasteiger partial charge in [0.1, 0.15) is 5.69 Å². The van der Waals surface area contributed by atoms with Crippen molar-refractivity contribution in [3.05, 3.63) is 36.0 Å². The molecule has 0 saturated heterocycles. The maximum atomic E-state index is 12.9.